The average molecular weight is 373 g/mol. The maximum atomic E-state index is 12.2. The lowest BCUT2D eigenvalue weighted by Gasteiger charge is -2.24. The van der Waals surface area contributed by atoms with Crippen molar-refractivity contribution in [3.63, 3.8) is 0 Å². The standard InChI is InChI=1S/C19H23N3O3S/c1-22(17-10-12-26(24,25)14-17)18-8-7-16(13-21-18)19(23)20-11-9-15-5-3-2-4-6-15/h2-8,13,17H,9-12,14H2,1H3,(H,20,23). The minimum atomic E-state index is -2.94. The lowest BCUT2D eigenvalue weighted by Crippen LogP contribution is -2.33. The van der Waals surface area contributed by atoms with Gasteiger partial charge in [-0.05, 0) is 30.5 Å². The number of pyridine rings is 1. The molecule has 1 N–H and O–H groups in total. The van der Waals surface area contributed by atoms with Crippen molar-refractivity contribution in [1.82, 2.24) is 10.3 Å². The molecule has 26 heavy (non-hydrogen) atoms. The molecule has 0 radical (unpaired) electrons. The summed E-state index contributed by atoms with van der Waals surface area (Å²) in [4.78, 5) is 18.4. The molecule has 0 aliphatic carbocycles. The van der Waals surface area contributed by atoms with Crippen LogP contribution in [0.25, 0.3) is 0 Å². The highest BCUT2D eigenvalue weighted by atomic mass is 32.2. The van der Waals surface area contributed by atoms with Gasteiger partial charge in [-0.3, -0.25) is 4.79 Å². The van der Waals surface area contributed by atoms with Crippen LogP contribution in [-0.2, 0) is 16.3 Å². The molecule has 1 atom stereocenters. The van der Waals surface area contributed by atoms with Crippen LogP contribution in [0, 0.1) is 0 Å². The van der Waals surface area contributed by atoms with Crippen molar-refractivity contribution in [3.05, 3.63) is 59.8 Å². The first-order valence-corrected chi connectivity index (χ1v) is 10.5. The minimum absolute atomic E-state index is 0.0574. The lowest BCUT2D eigenvalue weighted by atomic mass is 10.1. The van der Waals surface area contributed by atoms with Gasteiger partial charge in [-0.15, -0.1) is 0 Å². The number of hydrogen-bond acceptors (Lipinski definition) is 5. The summed E-state index contributed by atoms with van der Waals surface area (Å²) in [5.74, 6) is 0.899. The molecule has 1 aromatic heterocycles. The number of amides is 1. The summed E-state index contributed by atoms with van der Waals surface area (Å²) in [5, 5.41) is 2.89. The second-order valence-corrected chi connectivity index (χ2v) is 8.79. The molecular formula is C19H23N3O3S. The quantitative estimate of drug-likeness (QED) is 0.833. The van der Waals surface area contributed by atoms with Crippen molar-refractivity contribution >= 4 is 21.6 Å². The van der Waals surface area contributed by atoms with Crippen LogP contribution in [0.15, 0.2) is 48.7 Å². The van der Waals surface area contributed by atoms with Crippen LogP contribution in [0.4, 0.5) is 5.82 Å². The zero-order valence-corrected chi connectivity index (χ0v) is 15.6. The number of aromatic nitrogens is 1. The van der Waals surface area contributed by atoms with Crippen molar-refractivity contribution in [1.29, 1.82) is 0 Å². The molecule has 1 aliphatic rings. The van der Waals surface area contributed by atoms with Crippen molar-refractivity contribution in [2.24, 2.45) is 0 Å². The van der Waals surface area contributed by atoms with Crippen LogP contribution in [0.1, 0.15) is 22.3 Å². The summed E-state index contributed by atoms with van der Waals surface area (Å²) < 4.78 is 23.2. The van der Waals surface area contributed by atoms with E-state index < -0.39 is 9.84 Å². The number of rotatable bonds is 6. The van der Waals surface area contributed by atoms with Crippen LogP contribution >= 0.6 is 0 Å². The molecule has 1 saturated heterocycles. The van der Waals surface area contributed by atoms with Gasteiger partial charge in [0, 0.05) is 25.8 Å². The summed E-state index contributed by atoms with van der Waals surface area (Å²) in [6.45, 7) is 0.560. The summed E-state index contributed by atoms with van der Waals surface area (Å²) in [6.07, 6.45) is 2.92. The molecule has 1 amide bonds. The minimum Gasteiger partial charge on any atom is -0.356 e. The van der Waals surface area contributed by atoms with Crippen LogP contribution in [0.5, 0.6) is 0 Å². The molecule has 1 unspecified atom stereocenters. The molecule has 6 nitrogen and oxygen atoms in total. The summed E-state index contributed by atoms with van der Waals surface area (Å²) in [7, 11) is -1.10. The van der Waals surface area contributed by atoms with E-state index in [2.05, 4.69) is 10.3 Å². The third kappa shape index (κ3) is 4.60. The molecule has 2 aromatic rings. The normalized spacial score (nSPS) is 18.4. The van der Waals surface area contributed by atoms with Crippen LogP contribution in [0.2, 0.25) is 0 Å². The van der Waals surface area contributed by atoms with Gasteiger partial charge in [-0.2, -0.15) is 0 Å². The van der Waals surface area contributed by atoms with E-state index in [1.54, 1.807) is 12.1 Å². The molecule has 7 heteroatoms. The summed E-state index contributed by atoms with van der Waals surface area (Å²) >= 11 is 0. The fourth-order valence-electron chi connectivity index (χ4n) is 3.06. The van der Waals surface area contributed by atoms with Gasteiger partial charge in [0.15, 0.2) is 9.84 Å². The molecule has 0 spiro atoms. The number of benzene rings is 1. The van der Waals surface area contributed by atoms with E-state index in [-0.39, 0.29) is 23.5 Å². The number of nitrogens with zero attached hydrogens (tertiary/aromatic N) is 2. The van der Waals surface area contributed by atoms with Gasteiger partial charge in [-0.25, -0.2) is 13.4 Å². The van der Waals surface area contributed by atoms with E-state index in [9.17, 15) is 13.2 Å². The fourth-order valence-corrected chi connectivity index (χ4v) is 4.84. The molecule has 2 heterocycles. The maximum absolute atomic E-state index is 12.2. The molecule has 1 aromatic carbocycles. The van der Waals surface area contributed by atoms with Crippen LogP contribution in [0.3, 0.4) is 0 Å². The molecule has 1 fully saturated rings. The molecule has 0 saturated carbocycles. The Kier molecular flexibility index (Phi) is 5.56. The monoisotopic (exact) mass is 373 g/mol. The predicted octanol–water partition coefficient (Wildman–Crippen LogP) is 1.68. The Balaban J connectivity index is 1.54. The topological polar surface area (TPSA) is 79.4 Å². The second kappa shape index (κ2) is 7.86. The Morgan fingerprint density at radius 3 is 2.62 bits per heavy atom. The third-order valence-electron chi connectivity index (χ3n) is 4.67. The zero-order chi connectivity index (χ0) is 18.6. The molecular weight excluding hydrogens is 350 g/mol. The third-order valence-corrected chi connectivity index (χ3v) is 6.42. The molecule has 1 aliphatic heterocycles. The average Bonchev–Trinajstić information content (AvgIpc) is 3.02. The van der Waals surface area contributed by atoms with Gasteiger partial charge >= 0.3 is 0 Å². The van der Waals surface area contributed by atoms with Crippen molar-refractivity contribution in [3.8, 4) is 0 Å². The lowest BCUT2D eigenvalue weighted by molar-refractivity contribution is 0.0954. The van der Waals surface area contributed by atoms with E-state index in [0.29, 0.717) is 24.3 Å². The molecule has 3 rings (SSSR count). The smallest absolute Gasteiger partial charge is 0.252 e. The largest absolute Gasteiger partial charge is 0.356 e. The van der Waals surface area contributed by atoms with Gasteiger partial charge in [0.05, 0.1) is 17.1 Å². The number of anilines is 1. The van der Waals surface area contributed by atoms with Crippen molar-refractivity contribution in [2.45, 2.75) is 18.9 Å². The second-order valence-electron chi connectivity index (χ2n) is 6.56. The number of hydrogen-bond donors (Lipinski definition) is 1. The maximum Gasteiger partial charge on any atom is 0.252 e. The van der Waals surface area contributed by atoms with Gasteiger partial charge in [0.25, 0.3) is 5.91 Å². The molecule has 0 bridgehead atoms. The Morgan fingerprint density at radius 1 is 1.23 bits per heavy atom. The van der Waals surface area contributed by atoms with E-state index in [0.717, 1.165) is 6.42 Å². The number of sulfone groups is 1. The first kappa shape index (κ1) is 18.4. The Labute approximate surface area is 154 Å². The van der Waals surface area contributed by atoms with E-state index in [1.165, 1.54) is 11.8 Å². The Bertz CT molecular complexity index is 851. The Hall–Kier alpha value is -2.41. The zero-order valence-electron chi connectivity index (χ0n) is 14.8. The highest BCUT2D eigenvalue weighted by Crippen LogP contribution is 2.21. The SMILES string of the molecule is CN(c1ccc(C(=O)NCCc2ccccc2)cn1)C1CCS(=O)(=O)C1. The van der Waals surface area contributed by atoms with Gasteiger partial charge in [-0.1, -0.05) is 30.3 Å². The van der Waals surface area contributed by atoms with Gasteiger partial charge < -0.3 is 10.2 Å². The predicted molar refractivity (Wildman–Crippen MR) is 102 cm³/mol. The number of carbonyl (C=O) groups is 1. The highest BCUT2D eigenvalue weighted by Gasteiger charge is 2.31. The Morgan fingerprint density at radius 2 is 2.00 bits per heavy atom. The van der Waals surface area contributed by atoms with E-state index >= 15 is 0 Å². The highest BCUT2D eigenvalue weighted by molar-refractivity contribution is 7.91. The summed E-state index contributed by atoms with van der Waals surface area (Å²) in [6, 6.07) is 13.4. The first-order valence-electron chi connectivity index (χ1n) is 8.66. The van der Waals surface area contributed by atoms with Crippen LogP contribution < -0.4 is 10.2 Å². The summed E-state index contributed by atoms with van der Waals surface area (Å²) in [5.41, 5.74) is 1.67. The fraction of sp³-hybridized carbons (Fsp3) is 0.368. The van der Waals surface area contributed by atoms with Crippen LogP contribution in [-0.4, -0.2) is 50.4 Å². The number of nitrogens with one attached hydrogen (secondary N) is 1. The van der Waals surface area contributed by atoms with E-state index in [4.69, 9.17) is 0 Å². The molecule has 138 valence electrons. The van der Waals surface area contributed by atoms with Crippen molar-refractivity contribution in [2.75, 3.05) is 30.0 Å². The number of carbonyl (C=O) groups excluding carboxylic acids is 1. The van der Waals surface area contributed by atoms with Crippen molar-refractivity contribution < 1.29 is 13.2 Å². The van der Waals surface area contributed by atoms with E-state index in [1.807, 2.05) is 42.3 Å². The van der Waals surface area contributed by atoms with Gasteiger partial charge in [0.2, 0.25) is 0 Å². The van der Waals surface area contributed by atoms with Gasteiger partial charge in [0.1, 0.15) is 5.82 Å². The first-order chi connectivity index (χ1) is 12.4.